The maximum atomic E-state index is 15.0. The largest absolute Gasteiger partial charge is 0.345 e. The van der Waals surface area contributed by atoms with Crippen LogP contribution in [0.2, 0.25) is 0 Å². The quantitative estimate of drug-likeness (QED) is 0.418. The van der Waals surface area contributed by atoms with E-state index in [0.717, 1.165) is 63.0 Å². The third-order valence-electron chi connectivity index (χ3n) is 7.04. The number of likely N-dealkylation sites (N-methyl/N-ethyl adjacent to an activating group) is 1. The summed E-state index contributed by atoms with van der Waals surface area (Å²) in [5, 5.41) is 3.10. The van der Waals surface area contributed by atoms with E-state index in [4.69, 9.17) is 4.98 Å². The van der Waals surface area contributed by atoms with Gasteiger partial charge in [0.15, 0.2) is 5.82 Å². The van der Waals surface area contributed by atoms with E-state index in [1.165, 1.54) is 11.6 Å². The summed E-state index contributed by atoms with van der Waals surface area (Å²) in [6.07, 6.45) is 4.31. The highest BCUT2D eigenvalue weighted by Crippen LogP contribution is 2.37. The highest BCUT2D eigenvalue weighted by molar-refractivity contribution is 5.71. The normalized spacial score (nSPS) is 15.5. The van der Waals surface area contributed by atoms with Gasteiger partial charge in [-0.15, -0.1) is 0 Å². The van der Waals surface area contributed by atoms with Gasteiger partial charge in [-0.3, -0.25) is 4.90 Å². The molecular formula is C28H32F2N6. The van der Waals surface area contributed by atoms with Crippen molar-refractivity contribution in [3.05, 3.63) is 71.2 Å². The molecule has 1 aliphatic carbocycles. The molecule has 6 nitrogen and oxygen atoms in total. The van der Waals surface area contributed by atoms with Gasteiger partial charge in [0.2, 0.25) is 5.95 Å². The van der Waals surface area contributed by atoms with Crippen molar-refractivity contribution in [2.24, 2.45) is 5.92 Å². The van der Waals surface area contributed by atoms with Crippen LogP contribution in [0, 0.1) is 24.5 Å². The first-order valence-corrected chi connectivity index (χ1v) is 12.6. The molecule has 1 N–H and O–H groups in total. The zero-order valence-electron chi connectivity index (χ0n) is 21.1. The predicted octanol–water partition coefficient (Wildman–Crippen LogP) is 6.00. The van der Waals surface area contributed by atoms with Gasteiger partial charge in [-0.1, -0.05) is 19.6 Å². The SMILES string of the molecule is C=C(C)N(CC1CC1)c1cc(-c2nc(Nc3ccc4c(n3)CCN(CC)C4)ncc2F)cc(F)c1C. The molecule has 0 unspecified atom stereocenters. The summed E-state index contributed by atoms with van der Waals surface area (Å²) >= 11 is 0. The van der Waals surface area contributed by atoms with Crippen LogP contribution in [-0.4, -0.2) is 39.5 Å². The first-order valence-electron chi connectivity index (χ1n) is 12.6. The lowest BCUT2D eigenvalue weighted by molar-refractivity contribution is 0.266. The number of benzene rings is 1. The van der Waals surface area contributed by atoms with Crippen molar-refractivity contribution in [1.29, 1.82) is 0 Å². The third-order valence-corrected chi connectivity index (χ3v) is 7.04. The highest BCUT2D eigenvalue weighted by atomic mass is 19.1. The molecule has 0 saturated heterocycles. The van der Waals surface area contributed by atoms with Crippen LogP contribution in [0.15, 0.2) is 42.7 Å². The van der Waals surface area contributed by atoms with Gasteiger partial charge in [0, 0.05) is 54.3 Å². The Bertz CT molecular complexity index is 1300. The van der Waals surface area contributed by atoms with Crippen molar-refractivity contribution in [1.82, 2.24) is 19.9 Å². The van der Waals surface area contributed by atoms with Crippen LogP contribution in [-0.2, 0) is 13.0 Å². The topological polar surface area (TPSA) is 57.2 Å². The van der Waals surface area contributed by atoms with E-state index in [1.54, 1.807) is 13.0 Å². The summed E-state index contributed by atoms with van der Waals surface area (Å²) in [5.74, 6) is 0.368. The Kier molecular flexibility index (Phi) is 6.71. The van der Waals surface area contributed by atoms with Crippen molar-refractivity contribution < 1.29 is 8.78 Å². The summed E-state index contributed by atoms with van der Waals surface area (Å²) in [7, 11) is 0. The number of fused-ring (bicyclic) bond motifs is 1. The summed E-state index contributed by atoms with van der Waals surface area (Å²) < 4.78 is 30.0. The third kappa shape index (κ3) is 5.09. The van der Waals surface area contributed by atoms with E-state index in [9.17, 15) is 4.39 Å². The number of pyridine rings is 1. The van der Waals surface area contributed by atoms with Gasteiger partial charge in [-0.25, -0.2) is 23.7 Å². The van der Waals surface area contributed by atoms with Gasteiger partial charge in [-0.05, 0) is 62.9 Å². The van der Waals surface area contributed by atoms with E-state index in [1.807, 2.05) is 17.9 Å². The van der Waals surface area contributed by atoms with Crippen LogP contribution in [0.25, 0.3) is 11.3 Å². The molecule has 3 heterocycles. The molecule has 3 aromatic rings. The molecule has 1 fully saturated rings. The molecule has 36 heavy (non-hydrogen) atoms. The number of allylic oxidation sites excluding steroid dienone is 1. The minimum atomic E-state index is -0.614. The Balaban J connectivity index is 1.45. The number of hydrogen-bond acceptors (Lipinski definition) is 6. The van der Waals surface area contributed by atoms with Crippen LogP contribution >= 0.6 is 0 Å². The van der Waals surface area contributed by atoms with Gasteiger partial charge in [0.25, 0.3) is 0 Å². The molecular weight excluding hydrogens is 458 g/mol. The van der Waals surface area contributed by atoms with Crippen LogP contribution in [0.5, 0.6) is 0 Å². The van der Waals surface area contributed by atoms with E-state index in [-0.39, 0.29) is 11.6 Å². The standard InChI is InChI=1S/C28H32F2N6/c1-5-35-11-10-24-20(16-35)8-9-26(32-24)33-28-31-14-23(30)27(34-28)21-12-22(29)18(4)25(13-21)36(17(2)3)15-19-6-7-19/h8-9,12-14,19H,2,5-7,10-11,15-16H2,1,3-4H3,(H,31,32,33,34). The summed E-state index contributed by atoms with van der Waals surface area (Å²) in [5.41, 5.74) is 4.68. The lowest BCUT2D eigenvalue weighted by Gasteiger charge is -2.27. The second kappa shape index (κ2) is 9.93. The first kappa shape index (κ1) is 24.3. The monoisotopic (exact) mass is 490 g/mol. The molecule has 2 aromatic heterocycles. The van der Waals surface area contributed by atoms with Gasteiger partial charge in [-0.2, -0.15) is 0 Å². The van der Waals surface area contributed by atoms with Gasteiger partial charge in [0.05, 0.1) is 6.20 Å². The molecule has 0 radical (unpaired) electrons. The van der Waals surface area contributed by atoms with E-state index in [0.29, 0.717) is 28.6 Å². The molecule has 1 aromatic carbocycles. The molecule has 2 aliphatic rings. The number of anilines is 3. The van der Waals surface area contributed by atoms with Gasteiger partial charge in [0.1, 0.15) is 17.3 Å². The molecule has 0 spiro atoms. The van der Waals surface area contributed by atoms with Gasteiger partial charge < -0.3 is 10.2 Å². The fourth-order valence-electron chi connectivity index (χ4n) is 4.66. The molecule has 5 rings (SSSR count). The second-order valence-electron chi connectivity index (χ2n) is 9.83. The first-order chi connectivity index (χ1) is 17.3. The van der Waals surface area contributed by atoms with Crippen molar-refractivity contribution >= 4 is 17.5 Å². The number of nitrogens with one attached hydrogen (secondary N) is 1. The summed E-state index contributed by atoms with van der Waals surface area (Å²) in [4.78, 5) is 17.6. The zero-order valence-corrected chi connectivity index (χ0v) is 21.1. The molecule has 8 heteroatoms. The molecule has 0 amide bonds. The summed E-state index contributed by atoms with van der Waals surface area (Å²) in [6, 6.07) is 7.07. The second-order valence-corrected chi connectivity index (χ2v) is 9.83. The minimum absolute atomic E-state index is 0.0392. The lowest BCUT2D eigenvalue weighted by Crippen LogP contribution is -2.30. The van der Waals surface area contributed by atoms with Crippen LogP contribution in [0.4, 0.5) is 26.2 Å². The van der Waals surface area contributed by atoms with E-state index < -0.39 is 11.6 Å². The molecule has 1 saturated carbocycles. The average molecular weight is 491 g/mol. The number of aromatic nitrogens is 3. The average Bonchev–Trinajstić information content (AvgIpc) is 3.69. The number of halogens is 2. The number of nitrogens with zero attached hydrogens (tertiary/aromatic N) is 5. The zero-order chi connectivity index (χ0) is 25.4. The fourth-order valence-corrected chi connectivity index (χ4v) is 4.66. The Morgan fingerprint density at radius 2 is 2.00 bits per heavy atom. The molecule has 188 valence electrons. The number of rotatable bonds is 8. The van der Waals surface area contributed by atoms with E-state index >= 15 is 4.39 Å². The predicted molar refractivity (Wildman–Crippen MR) is 139 cm³/mol. The van der Waals surface area contributed by atoms with Crippen molar-refractivity contribution in [2.45, 2.75) is 46.6 Å². The maximum Gasteiger partial charge on any atom is 0.229 e. The Hall–Kier alpha value is -3.39. The minimum Gasteiger partial charge on any atom is -0.345 e. The Morgan fingerprint density at radius 1 is 1.19 bits per heavy atom. The molecule has 1 aliphatic heterocycles. The maximum absolute atomic E-state index is 15.0. The number of hydrogen-bond donors (Lipinski definition) is 1. The summed E-state index contributed by atoms with van der Waals surface area (Å²) in [6.45, 7) is 13.5. The highest BCUT2D eigenvalue weighted by Gasteiger charge is 2.27. The van der Waals surface area contributed by atoms with Crippen LogP contribution in [0.3, 0.4) is 0 Å². The van der Waals surface area contributed by atoms with E-state index in [2.05, 4.69) is 39.8 Å². The molecule has 0 atom stereocenters. The van der Waals surface area contributed by atoms with Crippen molar-refractivity contribution in [2.75, 3.05) is 29.9 Å². The fraction of sp³-hybridized carbons (Fsp3) is 0.393. The Labute approximate surface area is 211 Å². The van der Waals surface area contributed by atoms with Crippen LogP contribution < -0.4 is 10.2 Å². The van der Waals surface area contributed by atoms with Crippen molar-refractivity contribution in [3.63, 3.8) is 0 Å². The smallest absolute Gasteiger partial charge is 0.229 e. The van der Waals surface area contributed by atoms with Crippen LogP contribution in [0.1, 0.15) is 43.5 Å². The lowest BCUT2D eigenvalue weighted by atomic mass is 10.0. The van der Waals surface area contributed by atoms with Gasteiger partial charge >= 0.3 is 0 Å². The van der Waals surface area contributed by atoms with Crippen molar-refractivity contribution in [3.8, 4) is 11.3 Å². The molecule has 0 bridgehead atoms. The Morgan fingerprint density at radius 3 is 2.72 bits per heavy atom.